The zero-order chi connectivity index (χ0) is 21.9. The van der Waals surface area contributed by atoms with Gasteiger partial charge in [-0.25, -0.2) is 14.1 Å². The number of thiophene rings is 1. The van der Waals surface area contributed by atoms with Crippen molar-refractivity contribution in [3.05, 3.63) is 39.5 Å². The number of aryl methyl sites for hydroxylation is 1. The summed E-state index contributed by atoms with van der Waals surface area (Å²) in [6.45, 7) is 7.61. The van der Waals surface area contributed by atoms with Crippen LogP contribution in [0.25, 0.3) is 0 Å². The van der Waals surface area contributed by atoms with Gasteiger partial charge < -0.3 is 10.4 Å². The smallest absolute Gasteiger partial charge is 0.354 e. The number of fused-ring (bicyclic) bond motifs is 2. The van der Waals surface area contributed by atoms with Crippen LogP contribution in [-0.4, -0.2) is 20.3 Å². The van der Waals surface area contributed by atoms with Crippen molar-refractivity contribution in [3.8, 4) is 0 Å². The van der Waals surface area contributed by atoms with Gasteiger partial charge in [0.2, 0.25) is 0 Å². The van der Waals surface area contributed by atoms with Gasteiger partial charge in [0, 0.05) is 11.1 Å². The summed E-state index contributed by atoms with van der Waals surface area (Å²) >= 11 is 1.13. The van der Waals surface area contributed by atoms with Gasteiger partial charge in [0.15, 0.2) is 9.92 Å². The molecule has 0 aliphatic heterocycles. The maximum atomic E-state index is 13.0. The second-order valence-corrected chi connectivity index (χ2v) is 12.2. The van der Waals surface area contributed by atoms with Crippen molar-refractivity contribution in [1.82, 2.24) is 4.98 Å². The molecule has 30 heavy (non-hydrogen) atoms. The Morgan fingerprint density at radius 3 is 2.73 bits per heavy atom. The van der Waals surface area contributed by atoms with E-state index in [1.165, 1.54) is 0 Å². The van der Waals surface area contributed by atoms with Gasteiger partial charge in [-0.3, -0.25) is 4.98 Å². The van der Waals surface area contributed by atoms with Gasteiger partial charge in [-0.2, -0.15) is 0 Å². The standard InChI is InChI=1S/C21H28N4O3S2/c1-20(2)9-8-14-17(13-6-5-7-15(13)23-18(14)20)24-19(26)25-30(22,28)16-10-12(11-29-16)21(3,4)27/h10-11,27H,5-9H2,1-4H3,(H3,22,23,24,25,26,28)/t30-/m0/s1. The summed E-state index contributed by atoms with van der Waals surface area (Å²) < 4.78 is 17.1. The third kappa shape index (κ3) is 3.79. The highest BCUT2D eigenvalue weighted by molar-refractivity contribution is 7.93. The van der Waals surface area contributed by atoms with Crippen molar-refractivity contribution in [2.75, 3.05) is 5.32 Å². The molecule has 162 valence electrons. The van der Waals surface area contributed by atoms with Crippen LogP contribution in [0, 0.1) is 0 Å². The average Bonchev–Trinajstić information content (AvgIpc) is 3.33. The largest absolute Gasteiger partial charge is 0.386 e. The Labute approximate surface area is 181 Å². The van der Waals surface area contributed by atoms with Crippen LogP contribution >= 0.6 is 11.3 Å². The van der Waals surface area contributed by atoms with E-state index >= 15 is 0 Å². The molecule has 2 aliphatic carbocycles. The molecule has 0 fully saturated rings. The van der Waals surface area contributed by atoms with Gasteiger partial charge in [0.1, 0.15) is 4.21 Å². The van der Waals surface area contributed by atoms with Crippen molar-refractivity contribution in [1.29, 1.82) is 0 Å². The topological polar surface area (TPSA) is 118 Å². The Hall–Kier alpha value is -1.81. The summed E-state index contributed by atoms with van der Waals surface area (Å²) in [6.07, 6.45) is 4.59. The number of nitrogens with two attached hydrogens (primary N) is 1. The minimum absolute atomic E-state index is 0.0323. The molecule has 0 aromatic carbocycles. The minimum Gasteiger partial charge on any atom is -0.386 e. The van der Waals surface area contributed by atoms with E-state index in [0.29, 0.717) is 5.56 Å². The van der Waals surface area contributed by atoms with Crippen LogP contribution in [-0.2, 0) is 40.2 Å². The van der Waals surface area contributed by atoms with Gasteiger partial charge in [-0.1, -0.05) is 13.8 Å². The van der Waals surface area contributed by atoms with Crippen molar-refractivity contribution in [2.45, 2.75) is 75.0 Å². The number of aromatic nitrogens is 1. The van der Waals surface area contributed by atoms with Crippen LogP contribution < -0.4 is 10.5 Å². The second kappa shape index (κ2) is 7.12. The van der Waals surface area contributed by atoms with E-state index in [1.807, 2.05) is 0 Å². The second-order valence-electron chi connectivity index (χ2n) is 9.28. The van der Waals surface area contributed by atoms with Gasteiger partial charge in [0.25, 0.3) is 0 Å². The Bertz CT molecular complexity index is 1150. The SMILES string of the molecule is CC(C)(O)c1csc([S@@](N)(=O)=NC(=O)Nc2c3c(nc4c2CCC4(C)C)CCC3)c1. The average molecular weight is 449 g/mol. The molecule has 4 rings (SSSR count). The van der Waals surface area contributed by atoms with Crippen LogP contribution in [0.1, 0.15) is 68.6 Å². The number of hydrogen-bond donors (Lipinski definition) is 3. The number of pyridine rings is 1. The van der Waals surface area contributed by atoms with Crippen LogP contribution in [0.2, 0.25) is 0 Å². The van der Waals surface area contributed by atoms with E-state index in [2.05, 4.69) is 23.5 Å². The molecule has 2 amide bonds. The first-order valence-corrected chi connectivity index (χ1v) is 12.6. The lowest BCUT2D eigenvalue weighted by Crippen LogP contribution is -2.20. The van der Waals surface area contributed by atoms with Crippen molar-refractivity contribution in [3.63, 3.8) is 0 Å². The summed E-state index contributed by atoms with van der Waals surface area (Å²) in [5.74, 6) is 0. The number of nitrogens with zero attached hydrogens (tertiary/aromatic N) is 2. The van der Waals surface area contributed by atoms with E-state index in [9.17, 15) is 14.1 Å². The van der Waals surface area contributed by atoms with E-state index in [4.69, 9.17) is 10.1 Å². The number of hydrogen-bond acceptors (Lipinski definition) is 5. The van der Waals surface area contributed by atoms with E-state index in [1.54, 1.807) is 25.3 Å². The molecule has 0 radical (unpaired) electrons. The van der Waals surface area contributed by atoms with E-state index < -0.39 is 21.5 Å². The quantitative estimate of drug-likeness (QED) is 0.657. The molecular formula is C21H28N4O3S2. The van der Waals surface area contributed by atoms with Gasteiger partial charge in [-0.05, 0) is 74.1 Å². The third-order valence-corrected chi connectivity index (χ3v) is 8.84. The Balaban J connectivity index is 1.68. The molecule has 2 heterocycles. The molecule has 4 N–H and O–H groups in total. The van der Waals surface area contributed by atoms with Crippen LogP contribution in [0.15, 0.2) is 20.0 Å². The Morgan fingerprint density at radius 1 is 1.33 bits per heavy atom. The summed E-state index contributed by atoms with van der Waals surface area (Å²) in [7, 11) is -3.42. The lowest BCUT2D eigenvalue weighted by atomic mass is 9.90. The van der Waals surface area contributed by atoms with Gasteiger partial charge in [0.05, 0.1) is 17.0 Å². The Kier molecular flexibility index (Phi) is 5.08. The van der Waals surface area contributed by atoms with Crippen molar-refractivity contribution in [2.24, 2.45) is 9.50 Å². The number of nitrogens with one attached hydrogen (secondary N) is 1. The van der Waals surface area contributed by atoms with Gasteiger partial charge >= 0.3 is 6.03 Å². The molecule has 2 aromatic rings. The zero-order valence-electron chi connectivity index (χ0n) is 17.7. The lowest BCUT2D eigenvalue weighted by Gasteiger charge is -2.20. The highest BCUT2D eigenvalue weighted by atomic mass is 32.2. The first-order chi connectivity index (χ1) is 13.9. The molecule has 2 aromatic heterocycles. The molecule has 0 saturated heterocycles. The fraction of sp³-hybridized carbons (Fsp3) is 0.524. The van der Waals surface area contributed by atoms with Gasteiger partial charge in [-0.15, -0.1) is 15.7 Å². The fourth-order valence-electron chi connectivity index (χ4n) is 4.22. The van der Waals surface area contributed by atoms with Crippen LogP contribution in [0.4, 0.5) is 10.5 Å². The molecule has 1 atom stereocenters. The third-order valence-electron chi connectivity index (χ3n) is 5.99. The first-order valence-electron chi connectivity index (χ1n) is 10.1. The molecular weight excluding hydrogens is 420 g/mol. The molecule has 0 bridgehead atoms. The number of rotatable bonds is 3. The molecule has 9 heteroatoms. The molecule has 0 spiro atoms. The molecule has 2 aliphatic rings. The number of carbonyl (C=O) groups is 1. The molecule has 0 unspecified atom stereocenters. The first kappa shape index (κ1) is 21.4. The van der Waals surface area contributed by atoms with Crippen LogP contribution in [0.3, 0.4) is 0 Å². The maximum absolute atomic E-state index is 13.0. The number of anilines is 1. The summed E-state index contributed by atoms with van der Waals surface area (Å²) in [5, 5.41) is 20.6. The Morgan fingerprint density at radius 2 is 2.07 bits per heavy atom. The highest BCUT2D eigenvalue weighted by Crippen LogP contribution is 2.44. The summed E-state index contributed by atoms with van der Waals surface area (Å²) in [4.78, 5) is 17.7. The molecule has 0 saturated carbocycles. The monoisotopic (exact) mass is 448 g/mol. The zero-order valence-corrected chi connectivity index (χ0v) is 19.4. The predicted octanol–water partition coefficient (Wildman–Crippen LogP) is 4.02. The highest BCUT2D eigenvalue weighted by Gasteiger charge is 2.36. The fourth-order valence-corrected chi connectivity index (χ4v) is 6.50. The predicted molar refractivity (Wildman–Crippen MR) is 119 cm³/mol. The summed E-state index contributed by atoms with van der Waals surface area (Å²) in [6, 6.07) is 0.835. The lowest BCUT2D eigenvalue weighted by molar-refractivity contribution is 0.0789. The number of aliphatic hydroxyl groups is 1. The number of amides is 2. The van der Waals surface area contributed by atoms with E-state index in [-0.39, 0.29) is 9.62 Å². The number of carbonyl (C=O) groups excluding carboxylic acids is 1. The van der Waals surface area contributed by atoms with Crippen LogP contribution in [0.5, 0.6) is 0 Å². The maximum Gasteiger partial charge on any atom is 0.354 e. The van der Waals surface area contributed by atoms with Crippen molar-refractivity contribution >= 4 is 33.0 Å². The normalized spacial score (nSPS) is 19.1. The molecule has 7 nitrogen and oxygen atoms in total. The number of urea groups is 1. The van der Waals surface area contributed by atoms with E-state index in [0.717, 1.165) is 71.6 Å². The summed E-state index contributed by atoms with van der Waals surface area (Å²) in [5.41, 5.74) is 4.47. The minimum atomic E-state index is -3.42. The van der Waals surface area contributed by atoms with Crippen molar-refractivity contribution < 1.29 is 14.1 Å².